The number of nitrogens with one attached hydrogen (secondary N) is 1. The van der Waals surface area contributed by atoms with Gasteiger partial charge in [0.1, 0.15) is 5.82 Å². The van der Waals surface area contributed by atoms with E-state index in [1.165, 1.54) is 32.9 Å². The van der Waals surface area contributed by atoms with Crippen molar-refractivity contribution in [2.24, 2.45) is 0 Å². The van der Waals surface area contributed by atoms with Gasteiger partial charge in [0.2, 0.25) is 0 Å². The summed E-state index contributed by atoms with van der Waals surface area (Å²) < 4.78 is 41.1. The molecule has 0 unspecified atom stereocenters. The van der Waals surface area contributed by atoms with E-state index >= 15 is 0 Å². The van der Waals surface area contributed by atoms with Crippen LogP contribution in [0.4, 0.5) is 10.1 Å². The van der Waals surface area contributed by atoms with Crippen LogP contribution >= 0.6 is 0 Å². The maximum atomic E-state index is 13.0. The van der Waals surface area contributed by atoms with Crippen molar-refractivity contribution in [3.8, 4) is 0 Å². The molecule has 1 aliphatic rings. The zero-order chi connectivity index (χ0) is 14.6. The topological polar surface area (TPSA) is 52.7 Å². The Hall–Kier alpha value is -1.18. The normalized spacial score (nSPS) is 17.7. The molecule has 1 N–H and O–H groups in total. The van der Waals surface area contributed by atoms with Crippen molar-refractivity contribution in [2.75, 3.05) is 37.0 Å². The van der Waals surface area contributed by atoms with E-state index in [2.05, 4.69) is 5.32 Å². The zero-order valence-electron chi connectivity index (χ0n) is 11.5. The van der Waals surface area contributed by atoms with Crippen LogP contribution in [-0.4, -0.2) is 45.4 Å². The van der Waals surface area contributed by atoms with Crippen LogP contribution in [0.25, 0.3) is 0 Å². The molecule has 1 aliphatic heterocycles. The average Bonchev–Trinajstić information content (AvgIpc) is 2.71. The second kappa shape index (κ2) is 6.51. The van der Waals surface area contributed by atoms with Gasteiger partial charge in [-0.25, -0.2) is 4.39 Å². The van der Waals surface area contributed by atoms with Crippen molar-refractivity contribution in [1.82, 2.24) is 9.62 Å². The van der Waals surface area contributed by atoms with E-state index in [9.17, 15) is 12.8 Å². The van der Waals surface area contributed by atoms with E-state index < -0.39 is 10.2 Å². The number of nitrogens with zero attached hydrogens (tertiary/aromatic N) is 2. The van der Waals surface area contributed by atoms with Crippen LogP contribution in [-0.2, 0) is 10.2 Å². The van der Waals surface area contributed by atoms with Crippen molar-refractivity contribution >= 4 is 15.9 Å². The smallest absolute Gasteiger partial charge is 0.304 e. The van der Waals surface area contributed by atoms with Crippen LogP contribution in [0.3, 0.4) is 0 Å². The molecule has 1 aromatic rings. The predicted molar refractivity (Wildman–Crippen MR) is 77.4 cm³/mol. The first-order valence-corrected chi connectivity index (χ1v) is 8.19. The van der Waals surface area contributed by atoms with E-state index in [-0.39, 0.29) is 5.82 Å². The molecule has 0 aromatic heterocycles. The molecule has 5 nitrogen and oxygen atoms in total. The standard InChI is InChI=1S/C13H20FN3O2S/c1-2-17(13-6-4-12(14)5-7-13)20(18,19)16-10-3-8-15-9-11-16/h4-7,15H,2-3,8-11H2,1H3. The number of hydrogen-bond acceptors (Lipinski definition) is 3. The fourth-order valence-corrected chi connectivity index (χ4v) is 3.95. The first kappa shape index (κ1) is 15.2. The van der Waals surface area contributed by atoms with E-state index in [1.54, 1.807) is 6.92 Å². The van der Waals surface area contributed by atoms with Gasteiger partial charge in [-0.1, -0.05) is 0 Å². The fourth-order valence-electron chi connectivity index (χ4n) is 2.28. The van der Waals surface area contributed by atoms with Gasteiger partial charge in [-0.15, -0.1) is 0 Å². The number of benzene rings is 1. The van der Waals surface area contributed by atoms with Gasteiger partial charge in [-0.3, -0.25) is 4.31 Å². The minimum atomic E-state index is -3.56. The number of anilines is 1. The van der Waals surface area contributed by atoms with E-state index in [4.69, 9.17) is 0 Å². The summed E-state index contributed by atoms with van der Waals surface area (Å²) in [7, 11) is -3.56. The first-order valence-electron chi connectivity index (χ1n) is 6.80. The molecule has 0 aliphatic carbocycles. The van der Waals surface area contributed by atoms with Gasteiger partial charge in [0.05, 0.1) is 5.69 Å². The second-order valence-electron chi connectivity index (χ2n) is 4.65. The highest BCUT2D eigenvalue weighted by molar-refractivity contribution is 7.90. The third-order valence-corrected chi connectivity index (χ3v) is 5.35. The summed E-state index contributed by atoms with van der Waals surface area (Å²) >= 11 is 0. The number of halogens is 1. The van der Waals surface area contributed by atoms with Crippen LogP contribution in [0.2, 0.25) is 0 Å². The Balaban J connectivity index is 2.26. The quantitative estimate of drug-likeness (QED) is 0.909. The van der Waals surface area contributed by atoms with Gasteiger partial charge in [0.15, 0.2) is 0 Å². The molecular weight excluding hydrogens is 281 g/mol. The van der Waals surface area contributed by atoms with Crippen LogP contribution in [0.5, 0.6) is 0 Å². The van der Waals surface area contributed by atoms with Crippen molar-refractivity contribution in [3.63, 3.8) is 0 Å². The Bertz CT molecular complexity index is 525. The van der Waals surface area contributed by atoms with Gasteiger partial charge >= 0.3 is 10.2 Å². The molecule has 20 heavy (non-hydrogen) atoms. The van der Waals surface area contributed by atoms with Gasteiger partial charge in [0, 0.05) is 26.2 Å². The van der Waals surface area contributed by atoms with Crippen LogP contribution in [0.1, 0.15) is 13.3 Å². The molecule has 0 atom stereocenters. The number of hydrogen-bond donors (Lipinski definition) is 1. The molecule has 2 rings (SSSR count). The van der Waals surface area contributed by atoms with E-state index in [1.807, 2.05) is 0 Å². The molecule has 112 valence electrons. The summed E-state index contributed by atoms with van der Waals surface area (Å²) in [5.41, 5.74) is 0.492. The Kier molecular flexibility index (Phi) is 4.95. The van der Waals surface area contributed by atoms with E-state index in [0.29, 0.717) is 31.9 Å². The molecular formula is C13H20FN3O2S. The highest BCUT2D eigenvalue weighted by Gasteiger charge is 2.29. The number of rotatable bonds is 4. The predicted octanol–water partition coefficient (Wildman–Crippen LogP) is 1.19. The summed E-state index contributed by atoms with van der Waals surface area (Å²) in [6.45, 7) is 4.54. The minimum absolute atomic E-state index is 0.317. The maximum Gasteiger partial charge on any atom is 0.304 e. The van der Waals surface area contributed by atoms with Crippen molar-refractivity contribution in [2.45, 2.75) is 13.3 Å². The maximum absolute atomic E-state index is 13.0. The van der Waals surface area contributed by atoms with Crippen molar-refractivity contribution < 1.29 is 12.8 Å². The molecule has 1 aromatic carbocycles. The van der Waals surface area contributed by atoms with Gasteiger partial charge in [-0.05, 0) is 44.2 Å². The second-order valence-corrected chi connectivity index (χ2v) is 6.50. The van der Waals surface area contributed by atoms with Crippen LogP contribution in [0, 0.1) is 5.82 Å². The lowest BCUT2D eigenvalue weighted by Crippen LogP contribution is -2.45. The monoisotopic (exact) mass is 301 g/mol. The highest BCUT2D eigenvalue weighted by atomic mass is 32.2. The molecule has 7 heteroatoms. The lowest BCUT2D eigenvalue weighted by atomic mass is 10.3. The molecule has 1 saturated heterocycles. The zero-order valence-corrected chi connectivity index (χ0v) is 12.4. The summed E-state index contributed by atoms with van der Waals surface area (Å²) in [4.78, 5) is 0. The molecule has 0 amide bonds. The van der Waals surface area contributed by atoms with Gasteiger partial charge in [-0.2, -0.15) is 12.7 Å². The van der Waals surface area contributed by atoms with Gasteiger partial charge in [0.25, 0.3) is 0 Å². The largest absolute Gasteiger partial charge is 0.315 e. The summed E-state index contributed by atoms with van der Waals surface area (Å²) in [6, 6.07) is 5.54. The molecule has 0 saturated carbocycles. The van der Waals surface area contributed by atoms with Crippen LogP contribution < -0.4 is 9.62 Å². The average molecular weight is 301 g/mol. The Morgan fingerprint density at radius 3 is 2.60 bits per heavy atom. The summed E-state index contributed by atoms with van der Waals surface area (Å²) in [5, 5.41) is 3.18. The first-order chi connectivity index (χ1) is 9.55. The minimum Gasteiger partial charge on any atom is -0.315 e. The lowest BCUT2D eigenvalue weighted by molar-refractivity contribution is 0.429. The molecule has 0 bridgehead atoms. The molecule has 1 heterocycles. The third-order valence-electron chi connectivity index (χ3n) is 3.31. The molecule has 1 fully saturated rings. The third kappa shape index (κ3) is 3.28. The van der Waals surface area contributed by atoms with Crippen molar-refractivity contribution in [1.29, 1.82) is 0 Å². The summed E-state index contributed by atoms with van der Waals surface area (Å²) in [5.74, 6) is -0.374. The lowest BCUT2D eigenvalue weighted by Gasteiger charge is -2.29. The fraction of sp³-hybridized carbons (Fsp3) is 0.538. The summed E-state index contributed by atoms with van der Waals surface area (Å²) in [6.07, 6.45) is 0.792. The van der Waals surface area contributed by atoms with Crippen LogP contribution in [0.15, 0.2) is 24.3 Å². The Morgan fingerprint density at radius 2 is 1.95 bits per heavy atom. The Morgan fingerprint density at radius 1 is 1.25 bits per heavy atom. The van der Waals surface area contributed by atoms with Crippen molar-refractivity contribution in [3.05, 3.63) is 30.1 Å². The van der Waals surface area contributed by atoms with Gasteiger partial charge < -0.3 is 5.32 Å². The van der Waals surface area contributed by atoms with E-state index in [0.717, 1.165) is 13.0 Å². The molecule has 0 radical (unpaired) electrons. The SMILES string of the molecule is CCN(c1ccc(F)cc1)S(=O)(=O)N1CCCNCC1. The Labute approximate surface area is 119 Å². The molecule has 0 spiro atoms. The highest BCUT2D eigenvalue weighted by Crippen LogP contribution is 2.21.